The maximum atomic E-state index is 14.3. The second-order valence-corrected chi connectivity index (χ2v) is 7.06. The summed E-state index contributed by atoms with van der Waals surface area (Å²) in [4.78, 5) is 0. The van der Waals surface area contributed by atoms with E-state index in [1.165, 1.54) is 11.6 Å². The first kappa shape index (κ1) is 15.6. The Morgan fingerprint density at radius 1 is 1.04 bits per heavy atom. The van der Waals surface area contributed by atoms with Gasteiger partial charge in [-0.1, -0.05) is 30.3 Å². The van der Waals surface area contributed by atoms with Gasteiger partial charge in [0.2, 0.25) is 0 Å². The van der Waals surface area contributed by atoms with Crippen LogP contribution in [-0.4, -0.2) is 16.3 Å². The van der Waals surface area contributed by atoms with Crippen molar-refractivity contribution in [3.63, 3.8) is 0 Å². The van der Waals surface area contributed by atoms with E-state index in [0.717, 1.165) is 46.5 Å². The summed E-state index contributed by atoms with van der Waals surface area (Å²) in [5.41, 5.74) is 3.72. The van der Waals surface area contributed by atoms with Crippen molar-refractivity contribution < 1.29 is 4.39 Å². The Hall–Kier alpha value is -1.89. The minimum atomic E-state index is -0.261. The number of hydrogen-bond acceptors (Lipinski definition) is 2. The van der Waals surface area contributed by atoms with Gasteiger partial charge >= 0.3 is 0 Å². The summed E-state index contributed by atoms with van der Waals surface area (Å²) in [5, 5.41) is 8.27. The molecule has 122 valence electrons. The fraction of sp³-hybridized carbons (Fsp3) is 0.211. The topological polar surface area (TPSA) is 29.9 Å². The van der Waals surface area contributed by atoms with Crippen LogP contribution in [0.4, 0.5) is 10.2 Å². The zero-order valence-corrected chi connectivity index (χ0v) is 15.3. The van der Waals surface area contributed by atoms with Crippen LogP contribution in [0.25, 0.3) is 16.9 Å². The van der Waals surface area contributed by atoms with E-state index in [1.54, 1.807) is 16.8 Å². The normalized spacial score (nSPS) is 13.9. The number of benzene rings is 2. The highest BCUT2D eigenvalue weighted by atomic mass is 127. The Bertz CT molecular complexity index is 818. The third-order valence-corrected chi connectivity index (χ3v) is 5.28. The zero-order chi connectivity index (χ0) is 16.5. The summed E-state index contributed by atoms with van der Waals surface area (Å²) >= 11 is 2.34. The highest BCUT2D eigenvalue weighted by molar-refractivity contribution is 14.1. The molecular weight excluding hydrogens is 416 g/mol. The molecule has 1 aromatic heterocycles. The van der Waals surface area contributed by atoms with E-state index in [0.29, 0.717) is 5.69 Å². The molecule has 0 unspecified atom stereocenters. The van der Waals surface area contributed by atoms with Gasteiger partial charge in [0, 0.05) is 21.2 Å². The number of para-hydroxylation sites is 1. The fourth-order valence-corrected chi connectivity index (χ4v) is 3.81. The lowest BCUT2D eigenvalue weighted by Crippen LogP contribution is -2.08. The van der Waals surface area contributed by atoms with Crippen LogP contribution in [0, 0.1) is 9.39 Å². The lowest BCUT2D eigenvalue weighted by Gasteiger charge is -2.09. The molecule has 1 aliphatic rings. The lowest BCUT2D eigenvalue weighted by molar-refractivity contribution is 0.611. The fourth-order valence-electron chi connectivity index (χ4n) is 3.17. The van der Waals surface area contributed by atoms with E-state index < -0.39 is 0 Å². The van der Waals surface area contributed by atoms with Crippen molar-refractivity contribution in [2.45, 2.75) is 19.3 Å². The molecule has 2 aromatic carbocycles. The largest absolute Gasteiger partial charge is 0.370 e. The first-order chi connectivity index (χ1) is 11.8. The van der Waals surface area contributed by atoms with E-state index in [1.807, 2.05) is 18.2 Å². The molecular formula is C19H17FIN3. The Kier molecular flexibility index (Phi) is 4.26. The van der Waals surface area contributed by atoms with Crippen molar-refractivity contribution in [2.75, 3.05) is 11.9 Å². The Morgan fingerprint density at radius 3 is 2.67 bits per heavy atom. The highest BCUT2D eigenvalue weighted by Gasteiger charge is 2.23. The summed E-state index contributed by atoms with van der Waals surface area (Å²) in [5.74, 6) is 0.662. The highest BCUT2D eigenvalue weighted by Crippen LogP contribution is 2.36. The molecule has 4 rings (SSSR count). The molecule has 5 heteroatoms. The smallest absolute Gasteiger partial charge is 0.148 e. The second kappa shape index (κ2) is 6.55. The van der Waals surface area contributed by atoms with Crippen molar-refractivity contribution in [3.8, 4) is 16.9 Å². The molecule has 24 heavy (non-hydrogen) atoms. The van der Waals surface area contributed by atoms with Gasteiger partial charge in [0.05, 0.1) is 5.69 Å². The van der Waals surface area contributed by atoms with Crippen molar-refractivity contribution in [3.05, 3.63) is 63.5 Å². The third kappa shape index (κ3) is 2.70. The van der Waals surface area contributed by atoms with Crippen LogP contribution in [0.15, 0.2) is 48.5 Å². The molecule has 0 amide bonds. The minimum absolute atomic E-state index is 0.261. The number of halogens is 2. The first-order valence-corrected chi connectivity index (χ1v) is 9.19. The van der Waals surface area contributed by atoms with Crippen molar-refractivity contribution in [2.24, 2.45) is 0 Å². The molecule has 0 saturated carbocycles. The summed E-state index contributed by atoms with van der Waals surface area (Å²) in [7, 11) is 0. The number of fused-ring (bicyclic) bond motifs is 1. The molecule has 1 aliphatic heterocycles. The van der Waals surface area contributed by atoms with Crippen LogP contribution in [-0.2, 0) is 6.42 Å². The van der Waals surface area contributed by atoms with Gasteiger partial charge in [0.25, 0.3) is 0 Å². The van der Waals surface area contributed by atoms with Crippen LogP contribution in [0.3, 0.4) is 0 Å². The molecule has 3 nitrogen and oxygen atoms in total. The van der Waals surface area contributed by atoms with Crippen molar-refractivity contribution in [1.29, 1.82) is 0 Å². The van der Waals surface area contributed by atoms with E-state index in [4.69, 9.17) is 5.10 Å². The van der Waals surface area contributed by atoms with E-state index >= 15 is 0 Å². The Morgan fingerprint density at radius 2 is 1.83 bits per heavy atom. The van der Waals surface area contributed by atoms with Gasteiger partial charge in [-0.3, -0.25) is 0 Å². The van der Waals surface area contributed by atoms with Crippen LogP contribution in [0.5, 0.6) is 0 Å². The monoisotopic (exact) mass is 433 g/mol. The molecule has 0 atom stereocenters. The number of rotatable bonds is 2. The van der Waals surface area contributed by atoms with Gasteiger partial charge in [-0.05, 0) is 60.1 Å². The van der Waals surface area contributed by atoms with Gasteiger partial charge in [0.15, 0.2) is 0 Å². The van der Waals surface area contributed by atoms with Crippen LogP contribution >= 0.6 is 22.6 Å². The molecule has 0 fully saturated rings. The average molecular weight is 433 g/mol. The molecule has 0 bridgehead atoms. The maximum Gasteiger partial charge on any atom is 0.148 e. The van der Waals surface area contributed by atoms with E-state index in [2.05, 4.69) is 40.0 Å². The summed E-state index contributed by atoms with van der Waals surface area (Å²) in [6.07, 6.45) is 3.17. The molecule has 1 N–H and O–H groups in total. The van der Waals surface area contributed by atoms with Gasteiger partial charge in [0.1, 0.15) is 17.3 Å². The summed E-state index contributed by atoms with van der Waals surface area (Å²) in [6, 6.07) is 15.0. The third-order valence-electron chi connectivity index (χ3n) is 4.34. The molecule has 0 spiro atoms. The van der Waals surface area contributed by atoms with Gasteiger partial charge in [-0.25, -0.2) is 9.07 Å². The molecule has 2 heterocycles. The number of hydrogen-bond donors (Lipinski definition) is 1. The molecule has 3 aromatic rings. The molecule has 0 radical (unpaired) electrons. The molecule has 0 saturated heterocycles. The van der Waals surface area contributed by atoms with Crippen molar-refractivity contribution in [1.82, 2.24) is 9.78 Å². The Balaban J connectivity index is 1.96. The van der Waals surface area contributed by atoms with Crippen LogP contribution in [0.1, 0.15) is 18.4 Å². The van der Waals surface area contributed by atoms with Gasteiger partial charge in [-0.2, -0.15) is 5.10 Å². The first-order valence-electron chi connectivity index (χ1n) is 8.11. The minimum Gasteiger partial charge on any atom is -0.370 e. The predicted molar refractivity (Wildman–Crippen MR) is 103 cm³/mol. The molecule has 0 aliphatic carbocycles. The van der Waals surface area contributed by atoms with Crippen LogP contribution < -0.4 is 5.32 Å². The standard InChI is InChI=1S/C19H17FIN3/c20-15-9-2-4-11-17(15)24-19-14(8-5-6-12-22-19)18(23-24)13-7-1-3-10-16(13)21/h1-4,7,9-11,22H,5-6,8,12H2. The van der Waals surface area contributed by atoms with E-state index in [-0.39, 0.29) is 5.82 Å². The maximum absolute atomic E-state index is 14.3. The zero-order valence-electron chi connectivity index (χ0n) is 13.1. The summed E-state index contributed by atoms with van der Waals surface area (Å²) in [6.45, 7) is 0.887. The predicted octanol–water partition coefficient (Wildman–Crippen LogP) is 5.03. The number of aromatic nitrogens is 2. The van der Waals surface area contributed by atoms with Gasteiger partial charge in [-0.15, -0.1) is 0 Å². The quantitative estimate of drug-likeness (QED) is 0.575. The second-order valence-electron chi connectivity index (χ2n) is 5.90. The average Bonchev–Trinajstić information content (AvgIpc) is 2.78. The van der Waals surface area contributed by atoms with Crippen molar-refractivity contribution >= 4 is 28.4 Å². The number of nitrogens with zero attached hydrogens (tertiary/aromatic N) is 2. The summed E-state index contributed by atoms with van der Waals surface area (Å²) < 4.78 is 17.2. The Labute approximate surface area is 154 Å². The van der Waals surface area contributed by atoms with Crippen LogP contribution in [0.2, 0.25) is 0 Å². The van der Waals surface area contributed by atoms with Gasteiger partial charge < -0.3 is 5.32 Å². The SMILES string of the molecule is Fc1ccccc1-n1nc(-c2ccccc2I)c2c1NCCCC2. The number of anilines is 1. The number of nitrogens with one attached hydrogen (secondary N) is 1. The lowest BCUT2D eigenvalue weighted by atomic mass is 10.0. The van der Waals surface area contributed by atoms with E-state index in [9.17, 15) is 4.39 Å².